The second-order valence-corrected chi connectivity index (χ2v) is 2.89. The van der Waals surface area contributed by atoms with Gasteiger partial charge in [-0.15, -0.1) is 0 Å². The zero-order valence-electron chi connectivity index (χ0n) is 8.52. The Bertz CT molecular complexity index is 347. The molecular formula is C11H11O4. The maximum absolute atomic E-state index is 11.2. The second kappa shape index (κ2) is 4.70. The van der Waals surface area contributed by atoms with Gasteiger partial charge < -0.3 is 9.47 Å². The number of Topliss-reactive ketones (excluding diaryl/α,β-unsaturated/α-hetero) is 1. The Morgan fingerprint density at radius 1 is 1.33 bits per heavy atom. The second-order valence-electron chi connectivity index (χ2n) is 2.89. The van der Waals surface area contributed by atoms with E-state index >= 15 is 0 Å². The summed E-state index contributed by atoms with van der Waals surface area (Å²) in [6, 6.07) is 8.48. The van der Waals surface area contributed by atoms with E-state index in [1.807, 2.05) is 0 Å². The van der Waals surface area contributed by atoms with Gasteiger partial charge in [0, 0.05) is 14.0 Å². The molecule has 0 N–H and O–H groups in total. The number of para-hydroxylation sites is 1. The fraction of sp³-hybridized carbons (Fsp3) is 0.273. The highest BCUT2D eigenvalue weighted by molar-refractivity contribution is 5.98. The van der Waals surface area contributed by atoms with E-state index in [0.717, 1.165) is 0 Å². The smallest absolute Gasteiger partial charge is 0.339 e. The molecule has 0 saturated heterocycles. The first-order chi connectivity index (χ1) is 7.14. The van der Waals surface area contributed by atoms with Gasteiger partial charge in [-0.25, -0.2) is 0 Å². The highest BCUT2D eigenvalue weighted by Crippen LogP contribution is 2.18. The van der Waals surface area contributed by atoms with Crippen LogP contribution in [0, 0.1) is 0 Å². The summed E-state index contributed by atoms with van der Waals surface area (Å²) in [7, 11) is 1.22. The summed E-state index contributed by atoms with van der Waals surface area (Å²) in [5.74, 6) is -2.14. The van der Waals surface area contributed by atoms with Crippen LogP contribution in [0.1, 0.15) is 6.92 Å². The van der Waals surface area contributed by atoms with Crippen molar-refractivity contribution in [3.8, 4) is 5.75 Å². The van der Waals surface area contributed by atoms with Crippen molar-refractivity contribution < 1.29 is 19.1 Å². The van der Waals surface area contributed by atoms with Crippen LogP contribution in [0.4, 0.5) is 0 Å². The molecule has 0 saturated carbocycles. The lowest BCUT2D eigenvalue weighted by atomic mass is 10.2. The van der Waals surface area contributed by atoms with Gasteiger partial charge in [0.1, 0.15) is 5.75 Å². The van der Waals surface area contributed by atoms with Crippen molar-refractivity contribution in [2.24, 2.45) is 0 Å². The summed E-state index contributed by atoms with van der Waals surface area (Å²) in [6.45, 7) is 1.21. The average Bonchev–Trinajstić information content (AvgIpc) is 2.27. The molecule has 0 bridgehead atoms. The third kappa shape index (κ3) is 2.41. The van der Waals surface area contributed by atoms with E-state index in [-0.39, 0.29) is 0 Å². The van der Waals surface area contributed by atoms with Crippen LogP contribution in [0.15, 0.2) is 30.3 Å². The lowest BCUT2D eigenvalue weighted by molar-refractivity contribution is -0.158. The SMILES string of the molecule is COC([C]=O)(Oc1ccccc1)C(C)=O. The van der Waals surface area contributed by atoms with Gasteiger partial charge in [0.05, 0.1) is 0 Å². The van der Waals surface area contributed by atoms with Crippen LogP contribution in [0.2, 0.25) is 0 Å². The number of hydrogen-bond donors (Lipinski definition) is 0. The van der Waals surface area contributed by atoms with Gasteiger partial charge in [-0.3, -0.25) is 9.59 Å². The summed E-state index contributed by atoms with van der Waals surface area (Å²) in [4.78, 5) is 21.9. The molecule has 0 aliphatic rings. The third-order valence-electron chi connectivity index (χ3n) is 1.89. The number of rotatable bonds is 5. The fourth-order valence-electron chi connectivity index (χ4n) is 1.05. The van der Waals surface area contributed by atoms with Crippen LogP contribution in [0.5, 0.6) is 5.75 Å². The van der Waals surface area contributed by atoms with Gasteiger partial charge in [0.25, 0.3) is 6.29 Å². The predicted molar refractivity (Wildman–Crippen MR) is 53.2 cm³/mol. The maximum Gasteiger partial charge on any atom is 0.339 e. The first-order valence-corrected chi connectivity index (χ1v) is 4.34. The minimum Gasteiger partial charge on any atom is -0.448 e. The van der Waals surface area contributed by atoms with Crippen LogP contribution in [0.3, 0.4) is 0 Å². The zero-order valence-corrected chi connectivity index (χ0v) is 8.52. The van der Waals surface area contributed by atoms with E-state index in [9.17, 15) is 9.59 Å². The minimum atomic E-state index is -1.96. The molecular weight excluding hydrogens is 196 g/mol. The summed E-state index contributed by atoms with van der Waals surface area (Å²) in [6.07, 6.45) is 1.47. The molecule has 0 aliphatic carbocycles. The van der Waals surface area contributed by atoms with Gasteiger partial charge in [-0.2, -0.15) is 0 Å². The summed E-state index contributed by atoms with van der Waals surface area (Å²) in [5.41, 5.74) is 0. The first-order valence-electron chi connectivity index (χ1n) is 4.34. The van der Waals surface area contributed by atoms with E-state index in [1.165, 1.54) is 20.3 Å². The van der Waals surface area contributed by atoms with Crippen molar-refractivity contribution >= 4 is 12.1 Å². The molecule has 4 heteroatoms. The zero-order chi connectivity index (χ0) is 11.3. The Hall–Kier alpha value is -1.68. The highest BCUT2D eigenvalue weighted by Gasteiger charge is 2.39. The van der Waals surface area contributed by atoms with Crippen LogP contribution in [0.25, 0.3) is 0 Å². The molecule has 15 heavy (non-hydrogen) atoms. The van der Waals surface area contributed by atoms with Gasteiger partial charge in [-0.05, 0) is 12.1 Å². The Balaban J connectivity index is 2.94. The Morgan fingerprint density at radius 2 is 1.93 bits per heavy atom. The molecule has 1 radical (unpaired) electrons. The molecule has 0 heterocycles. The molecule has 0 spiro atoms. The van der Waals surface area contributed by atoms with E-state index in [4.69, 9.17) is 9.47 Å². The van der Waals surface area contributed by atoms with Crippen molar-refractivity contribution in [3.05, 3.63) is 30.3 Å². The molecule has 1 atom stereocenters. The topological polar surface area (TPSA) is 52.6 Å². The lowest BCUT2D eigenvalue weighted by Gasteiger charge is -2.23. The normalized spacial score (nSPS) is 14.0. The average molecular weight is 207 g/mol. The van der Waals surface area contributed by atoms with Crippen LogP contribution in [-0.2, 0) is 14.3 Å². The van der Waals surface area contributed by atoms with E-state index in [2.05, 4.69) is 0 Å². The fourth-order valence-corrected chi connectivity index (χ4v) is 1.05. The highest BCUT2D eigenvalue weighted by atomic mass is 16.7. The first kappa shape index (κ1) is 11.4. The van der Waals surface area contributed by atoms with E-state index < -0.39 is 11.6 Å². The number of benzene rings is 1. The molecule has 1 unspecified atom stereocenters. The minimum absolute atomic E-state index is 0.373. The van der Waals surface area contributed by atoms with Crippen LogP contribution in [-0.4, -0.2) is 25.0 Å². The molecule has 0 aliphatic heterocycles. The number of methoxy groups -OCH3 is 1. The molecule has 1 rings (SSSR count). The third-order valence-corrected chi connectivity index (χ3v) is 1.89. The van der Waals surface area contributed by atoms with Crippen LogP contribution >= 0.6 is 0 Å². The molecule has 4 nitrogen and oxygen atoms in total. The van der Waals surface area contributed by atoms with Crippen molar-refractivity contribution in [2.75, 3.05) is 7.11 Å². The van der Waals surface area contributed by atoms with Crippen molar-refractivity contribution in [1.29, 1.82) is 0 Å². The Kier molecular flexibility index (Phi) is 3.57. The molecule has 1 aromatic rings. The van der Waals surface area contributed by atoms with E-state index in [0.29, 0.717) is 5.75 Å². The molecule has 1 aromatic carbocycles. The molecule has 79 valence electrons. The Labute approximate surface area is 87.8 Å². The largest absolute Gasteiger partial charge is 0.448 e. The summed E-state index contributed by atoms with van der Waals surface area (Å²) >= 11 is 0. The quantitative estimate of drug-likeness (QED) is 0.536. The van der Waals surface area contributed by atoms with Gasteiger partial charge in [0.15, 0.2) is 0 Å². The maximum atomic E-state index is 11.2. The summed E-state index contributed by atoms with van der Waals surface area (Å²) < 4.78 is 9.92. The number of carbonyl (C=O) groups is 1. The van der Waals surface area contributed by atoms with Crippen molar-refractivity contribution in [1.82, 2.24) is 0 Å². The van der Waals surface area contributed by atoms with Gasteiger partial charge in [0.2, 0.25) is 5.78 Å². The lowest BCUT2D eigenvalue weighted by Crippen LogP contribution is -2.46. The van der Waals surface area contributed by atoms with Gasteiger partial charge >= 0.3 is 5.79 Å². The summed E-state index contributed by atoms with van der Waals surface area (Å²) in [5, 5.41) is 0. The monoisotopic (exact) mass is 207 g/mol. The Morgan fingerprint density at radius 3 is 2.33 bits per heavy atom. The van der Waals surface area contributed by atoms with Crippen LogP contribution < -0.4 is 4.74 Å². The molecule has 0 amide bonds. The molecule has 0 aromatic heterocycles. The number of ether oxygens (including phenoxy) is 2. The predicted octanol–water partition coefficient (Wildman–Crippen LogP) is 1.11. The van der Waals surface area contributed by atoms with Gasteiger partial charge in [-0.1, -0.05) is 18.2 Å². The molecule has 0 fully saturated rings. The van der Waals surface area contributed by atoms with Crippen molar-refractivity contribution in [3.63, 3.8) is 0 Å². The van der Waals surface area contributed by atoms with Crippen molar-refractivity contribution in [2.45, 2.75) is 12.7 Å². The van der Waals surface area contributed by atoms with E-state index in [1.54, 1.807) is 30.3 Å². The standard InChI is InChI=1S/C11H11O4/c1-9(13)11(8-12,14-2)15-10-6-4-3-5-7-10/h3-7H,1-2H3. The number of carbonyl (C=O) groups excluding carboxylic acids is 2. The number of hydrogen-bond acceptors (Lipinski definition) is 4. The number of ketones is 1.